The van der Waals surface area contributed by atoms with Gasteiger partial charge < -0.3 is 4.74 Å². The summed E-state index contributed by atoms with van der Waals surface area (Å²) in [6, 6.07) is 10.1. The highest BCUT2D eigenvalue weighted by Gasteiger charge is 2.09. The van der Waals surface area contributed by atoms with Gasteiger partial charge in [0.15, 0.2) is 11.6 Å². The molecule has 0 saturated carbocycles. The van der Waals surface area contributed by atoms with E-state index in [1.54, 1.807) is 41.8 Å². The lowest BCUT2D eigenvalue weighted by Crippen LogP contribution is -1.88. The van der Waals surface area contributed by atoms with Gasteiger partial charge in [0.25, 0.3) is 0 Å². The van der Waals surface area contributed by atoms with Gasteiger partial charge in [-0.3, -0.25) is 4.98 Å². The molecule has 0 unspecified atom stereocenters. The molecule has 3 aromatic rings. The van der Waals surface area contributed by atoms with Crippen LogP contribution in [-0.2, 0) is 0 Å². The van der Waals surface area contributed by atoms with Crippen molar-refractivity contribution in [2.45, 2.75) is 6.92 Å². The molecular formula is C14H10FNOS. The van der Waals surface area contributed by atoms with Gasteiger partial charge in [-0.25, -0.2) is 4.39 Å². The number of pyridine rings is 1. The fourth-order valence-electron chi connectivity index (χ4n) is 1.76. The van der Waals surface area contributed by atoms with Crippen molar-refractivity contribution in [3.63, 3.8) is 0 Å². The lowest BCUT2D eigenvalue weighted by molar-refractivity contribution is 0.447. The third-order valence-electron chi connectivity index (χ3n) is 2.56. The highest BCUT2D eigenvalue weighted by atomic mass is 32.1. The Morgan fingerprint density at radius 3 is 2.83 bits per heavy atom. The average Bonchev–Trinajstić information content (AvgIpc) is 2.73. The zero-order valence-corrected chi connectivity index (χ0v) is 10.5. The van der Waals surface area contributed by atoms with Gasteiger partial charge in [0, 0.05) is 17.1 Å². The van der Waals surface area contributed by atoms with Gasteiger partial charge in [0.05, 0.1) is 10.2 Å². The molecule has 2 aromatic heterocycles. The fraction of sp³-hybridized carbons (Fsp3) is 0.0714. The molecule has 0 aliphatic rings. The van der Waals surface area contributed by atoms with Gasteiger partial charge in [-0.05, 0) is 25.1 Å². The van der Waals surface area contributed by atoms with Crippen molar-refractivity contribution in [3.05, 3.63) is 53.3 Å². The Balaban J connectivity index is 2.07. The van der Waals surface area contributed by atoms with Crippen LogP contribution < -0.4 is 4.74 Å². The van der Waals surface area contributed by atoms with Gasteiger partial charge in [0.2, 0.25) is 0 Å². The van der Waals surface area contributed by atoms with Crippen molar-refractivity contribution in [2.24, 2.45) is 0 Å². The summed E-state index contributed by atoms with van der Waals surface area (Å²) in [7, 11) is 0. The second-order valence-electron chi connectivity index (χ2n) is 3.91. The molecule has 4 heteroatoms. The predicted octanol–water partition coefficient (Wildman–Crippen LogP) is 4.54. The summed E-state index contributed by atoms with van der Waals surface area (Å²) in [4.78, 5) is 5.42. The molecule has 0 fully saturated rings. The topological polar surface area (TPSA) is 22.1 Å². The number of thiophene rings is 1. The largest absolute Gasteiger partial charge is 0.453 e. The summed E-state index contributed by atoms with van der Waals surface area (Å²) in [6.45, 7) is 2.01. The summed E-state index contributed by atoms with van der Waals surface area (Å²) < 4.78 is 20.1. The van der Waals surface area contributed by atoms with E-state index in [1.807, 2.05) is 13.0 Å². The van der Waals surface area contributed by atoms with Crippen LogP contribution in [0.2, 0.25) is 0 Å². The number of halogens is 1. The monoisotopic (exact) mass is 259 g/mol. The smallest absolute Gasteiger partial charge is 0.165 e. The van der Waals surface area contributed by atoms with Crippen molar-refractivity contribution in [2.75, 3.05) is 0 Å². The summed E-state index contributed by atoms with van der Waals surface area (Å²) in [6.07, 6.45) is 1.67. The first-order valence-electron chi connectivity index (χ1n) is 5.51. The zero-order chi connectivity index (χ0) is 12.5. The molecule has 0 atom stereocenters. The lowest BCUT2D eigenvalue weighted by Gasteiger charge is -2.06. The molecule has 0 saturated heterocycles. The lowest BCUT2D eigenvalue weighted by atomic mass is 10.3. The van der Waals surface area contributed by atoms with E-state index in [9.17, 15) is 4.39 Å². The van der Waals surface area contributed by atoms with E-state index >= 15 is 0 Å². The van der Waals surface area contributed by atoms with E-state index in [0.717, 1.165) is 15.1 Å². The van der Waals surface area contributed by atoms with Crippen molar-refractivity contribution in [1.29, 1.82) is 0 Å². The highest BCUT2D eigenvalue weighted by molar-refractivity contribution is 7.19. The second-order valence-corrected chi connectivity index (χ2v) is 5.17. The van der Waals surface area contributed by atoms with Crippen LogP contribution in [0.1, 0.15) is 4.88 Å². The van der Waals surface area contributed by atoms with E-state index in [2.05, 4.69) is 4.98 Å². The molecule has 0 radical (unpaired) electrons. The Kier molecular flexibility index (Phi) is 2.72. The van der Waals surface area contributed by atoms with Crippen LogP contribution >= 0.6 is 11.3 Å². The number of fused-ring (bicyclic) bond motifs is 1. The molecule has 0 bridgehead atoms. The molecule has 1 aromatic carbocycles. The number of rotatable bonds is 2. The molecule has 0 aliphatic heterocycles. The maximum absolute atomic E-state index is 13.5. The van der Waals surface area contributed by atoms with E-state index in [0.29, 0.717) is 5.75 Å². The Labute approximate surface area is 108 Å². The van der Waals surface area contributed by atoms with Crippen LogP contribution in [0.4, 0.5) is 4.39 Å². The Morgan fingerprint density at radius 2 is 2.00 bits per heavy atom. The van der Waals surface area contributed by atoms with Crippen LogP contribution in [0.15, 0.2) is 42.6 Å². The van der Waals surface area contributed by atoms with Crippen LogP contribution in [0.3, 0.4) is 0 Å². The van der Waals surface area contributed by atoms with E-state index in [1.165, 1.54) is 6.07 Å². The maximum Gasteiger partial charge on any atom is 0.165 e. The SMILES string of the molecule is Cc1cc2nccc(Oc3ccccc3F)c2s1. The number of nitrogens with zero attached hydrogens (tertiary/aromatic N) is 1. The van der Waals surface area contributed by atoms with Gasteiger partial charge >= 0.3 is 0 Å². The van der Waals surface area contributed by atoms with Gasteiger partial charge in [-0.1, -0.05) is 12.1 Å². The maximum atomic E-state index is 13.5. The highest BCUT2D eigenvalue weighted by Crippen LogP contribution is 2.35. The van der Waals surface area contributed by atoms with E-state index in [-0.39, 0.29) is 11.6 Å². The molecule has 0 N–H and O–H groups in total. The standard InChI is InChI=1S/C14H10FNOS/c1-9-8-11-14(18-9)13(6-7-16-11)17-12-5-3-2-4-10(12)15/h2-8H,1H3. The Morgan fingerprint density at radius 1 is 1.17 bits per heavy atom. The zero-order valence-electron chi connectivity index (χ0n) is 9.68. The minimum Gasteiger partial charge on any atom is -0.453 e. The molecule has 2 nitrogen and oxygen atoms in total. The van der Waals surface area contributed by atoms with Gasteiger partial charge in [-0.15, -0.1) is 11.3 Å². The van der Waals surface area contributed by atoms with Gasteiger partial charge in [-0.2, -0.15) is 0 Å². The van der Waals surface area contributed by atoms with Gasteiger partial charge in [0.1, 0.15) is 5.75 Å². The van der Waals surface area contributed by atoms with Crippen LogP contribution in [-0.4, -0.2) is 4.98 Å². The van der Waals surface area contributed by atoms with Crippen LogP contribution in [0.5, 0.6) is 11.5 Å². The number of ether oxygens (including phenoxy) is 1. The first-order valence-corrected chi connectivity index (χ1v) is 6.33. The normalized spacial score (nSPS) is 10.8. The minimum absolute atomic E-state index is 0.232. The molecule has 2 heterocycles. The molecule has 0 spiro atoms. The quantitative estimate of drug-likeness (QED) is 0.674. The second kappa shape index (κ2) is 4.38. The van der Waals surface area contributed by atoms with Crippen molar-refractivity contribution in [3.8, 4) is 11.5 Å². The Bertz CT molecular complexity index is 708. The third-order valence-corrected chi connectivity index (χ3v) is 3.61. The number of hydrogen-bond donors (Lipinski definition) is 0. The number of benzene rings is 1. The predicted molar refractivity (Wildman–Crippen MR) is 70.8 cm³/mol. The third kappa shape index (κ3) is 1.95. The summed E-state index contributed by atoms with van der Waals surface area (Å²) >= 11 is 1.59. The number of para-hydroxylation sites is 1. The van der Waals surface area contributed by atoms with Crippen molar-refractivity contribution >= 4 is 21.6 Å². The van der Waals surface area contributed by atoms with Crippen LogP contribution in [0.25, 0.3) is 10.2 Å². The molecular weight excluding hydrogens is 249 g/mol. The summed E-state index contributed by atoms with van der Waals surface area (Å²) in [5.74, 6) is 0.509. The van der Waals surface area contributed by atoms with Crippen molar-refractivity contribution < 1.29 is 9.13 Å². The Hall–Kier alpha value is -1.94. The number of aryl methyl sites for hydroxylation is 1. The average molecular weight is 259 g/mol. The molecule has 0 aliphatic carbocycles. The molecule has 0 amide bonds. The first kappa shape index (κ1) is 11.2. The molecule has 3 rings (SSSR count). The molecule has 90 valence electrons. The van der Waals surface area contributed by atoms with E-state index in [4.69, 9.17) is 4.74 Å². The van der Waals surface area contributed by atoms with Crippen LogP contribution in [0, 0.1) is 12.7 Å². The first-order chi connectivity index (χ1) is 8.74. The summed E-state index contributed by atoms with van der Waals surface area (Å²) in [5, 5.41) is 0. The minimum atomic E-state index is -0.365. The van der Waals surface area contributed by atoms with E-state index < -0.39 is 0 Å². The summed E-state index contributed by atoms with van der Waals surface area (Å²) in [5.41, 5.74) is 0.881. The number of aromatic nitrogens is 1. The fourth-order valence-corrected chi connectivity index (χ4v) is 2.68. The number of hydrogen-bond acceptors (Lipinski definition) is 3. The molecule has 18 heavy (non-hydrogen) atoms. The van der Waals surface area contributed by atoms with Crippen molar-refractivity contribution in [1.82, 2.24) is 4.98 Å².